The molecule has 1 N–H and O–H groups in total. The van der Waals surface area contributed by atoms with Gasteiger partial charge in [0.1, 0.15) is 5.69 Å². The van der Waals surface area contributed by atoms with Crippen LogP contribution < -0.4 is 5.32 Å². The van der Waals surface area contributed by atoms with Crippen molar-refractivity contribution in [3.63, 3.8) is 0 Å². The van der Waals surface area contributed by atoms with E-state index < -0.39 is 0 Å². The first kappa shape index (κ1) is 13.9. The third-order valence-electron chi connectivity index (χ3n) is 4.65. The second-order valence-electron chi connectivity index (χ2n) is 6.17. The van der Waals surface area contributed by atoms with Gasteiger partial charge in [0.05, 0.1) is 9.88 Å². The molecule has 114 valence electrons. The molecule has 0 saturated carbocycles. The number of nitrogens with one attached hydrogen (secondary N) is 1. The highest BCUT2D eigenvalue weighted by atomic mass is 32.1. The van der Waals surface area contributed by atoms with E-state index in [2.05, 4.69) is 10.3 Å². The lowest BCUT2D eigenvalue weighted by atomic mass is 10.0. The van der Waals surface area contributed by atoms with Crippen molar-refractivity contribution in [1.82, 2.24) is 15.2 Å². The Morgan fingerprint density at radius 1 is 1.23 bits per heavy atom. The number of hydrogen-bond acceptors (Lipinski definition) is 4. The predicted octanol–water partition coefficient (Wildman–Crippen LogP) is 2.41. The third-order valence-corrected chi connectivity index (χ3v) is 5.67. The first-order valence-electron chi connectivity index (χ1n) is 7.75. The van der Waals surface area contributed by atoms with E-state index >= 15 is 0 Å². The number of aryl methyl sites for hydroxylation is 1. The third kappa shape index (κ3) is 2.34. The van der Waals surface area contributed by atoms with Crippen LogP contribution in [0.5, 0.6) is 0 Å². The second kappa shape index (κ2) is 5.48. The smallest absolute Gasteiger partial charge is 0.274 e. The van der Waals surface area contributed by atoms with Gasteiger partial charge in [-0.3, -0.25) is 4.79 Å². The van der Waals surface area contributed by atoms with Gasteiger partial charge in [0, 0.05) is 26.2 Å². The van der Waals surface area contributed by atoms with E-state index in [9.17, 15) is 4.79 Å². The maximum Gasteiger partial charge on any atom is 0.274 e. The van der Waals surface area contributed by atoms with Crippen LogP contribution >= 0.6 is 11.3 Å². The largest absolute Gasteiger partial charge is 0.337 e. The molecule has 2 fully saturated rings. The van der Waals surface area contributed by atoms with E-state index in [-0.39, 0.29) is 5.91 Å². The summed E-state index contributed by atoms with van der Waals surface area (Å²) >= 11 is 1.60. The highest BCUT2D eigenvalue weighted by Crippen LogP contribution is 2.33. The molecule has 1 aromatic carbocycles. The highest BCUT2D eigenvalue weighted by molar-refractivity contribution is 7.15. The van der Waals surface area contributed by atoms with Gasteiger partial charge in [-0.05, 0) is 24.3 Å². The minimum Gasteiger partial charge on any atom is -0.337 e. The number of nitrogens with zero attached hydrogens (tertiary/aromatic N) is 2. The van der Waals surface area contributed by atoms with Crippen LogP contribution in [-0.2, 0) is 0 Å². The van der Waals surface area contributed by atoms with Gasteiger partial charge >= 0.3 is 0 Å². The topological polar surface area (TPSA) is 45.2 Å². The van der Waals surface area contributed by atoms with Crippen LogP contribution in [0, 0.1) is 18.8 Å². The van der Waals surface area contributed by atoms with Gasteiger partial charge in [0.25, 0.3) is 5.91 Å². The fourth-order valence-electron chi connectivity index (χ4n) is 3.53. The zero-order valence-corrected chi connectivity index (χ0v) is 13.4. The van der Waals surface area contributed by atoms with Crippen molar-refractivity contribution < 1.29 is 4.79 Å². The fourth-order valence-corrected chi connectivity index (χ4v) is 4.44. The van der Waals surface area contributed by atoms with E-state index in [1.807, 2.05) is 42.2 Å². The predicted molar refractivity (Wildman–Crippen MR) is 88.0 cm³/mol. The molecule has 22 heavy (non-hydrogen) atoms. The van der Waals surface area contributed by atoms with Crippen molar-refractivity contribution in [3.05, 3.63) is 41.0 Å². The Kier molecular flexibility index (Phi) is 3.47. The molecule has 2 aliphatic heterocycles. The maximum atomic E-state index is 12.9. The van der Waals surface area contributed by atoms with Gasteiger partial charge in [-0.2, -0.15) is 0 Å². The number of hydrogen-bond donors (Lipinski definition) is 1. The first-order chi connectivity index (χ1) is 10.7. The summed E-state index contributed by atoms with van der Waals surface area (Å²) in [6, 6.07) is 10.1. The molecule has 0 spiro atoms. The zero-order chi connectivity index (χ0) is 15.1. The molecule has 2 aromatic rings. The van der Waals surface area contributed by atoms with Gasteiger partial charge in [0.15, 0.2) is 0 Å². The summed E-state index contributed by atoms with van der Waals surface area (Å²) in [6.45, 7) is 5.77. The van der Waals surface area contributed by atoms with Crippen LogP contribution in [-0.4, -0.2) is 42.0 Å². The Balaban J connectivity index is 1.64. The lowest BCUT2D eigenvalue weighted by molar-refractivity contribution is 0.0777. The molecule has 4 nitrogen and oxygen atoms in total. The standard InChI is InChI=1S/C17H19N3OS/c1-11-19-15(16(22-11)12-5-3-2-4-6-12)17(21)20-9-13-7-18-8-14(13)10-20/h2-6,13-14,18H,7-10H2,1H3. The van der Waals surface area contributed by atoms with Crippen molar-refractivity contribution in [3.8, 4) is 10.4 Å². The minimum absolute atomic E-state index is 0.0950. The van der Waals surface area contributed by atoms with E-state index in [1.165, 1.54) is 0 Å². The molecule has 3 heterocycles. The number of carbonyl (C=O) groups is 1. The van der Waals surface area contributed by atoms with Crippen LogP contribution in [0.2, 0.25) is 0 Å². The van der Waals surface area contributed by atoms with Crippen LogP contribution in [0.4, 0.5) is 0 Å². The van der Waals surface area contributed by atoms with E-state index in [0.717, 1.165) is 41.6 Å². The summed E-state index contributed by atoms with van der Waals surface area (Å²) in [5.74, 6) is 1.32. The quantitative estimate of drug-likeness (QED) is 0.926. The van der Waals surface area contributed by atoms with Crippen LogP contribution in [0.3, 0.4) is 0 Å². The Hall–Kier alpha value is -1.72. The van der Waals surface area contributed by atoms with E-state index in [1.54, 1.807) is 11.3 Å². The second-order valence-corrected chi connectivity index (χ2v) is 7.37. The molecule has 2 aliphatic rings. The molecule has 0 aliphatic carbocycles. The molecule has 2 atom stereocenters. The number of likely N-dealkylation sites (tertiary alicyclic amines) is 1. The van der Waals surface area contributed by atoms with Gasteiger partial charge in [0.2, 0.25) is 0 Å². The number of aromatic nitrogens is 1. The molecule has 0 bridgehead atoms. The van der Waals surface area contributed by atoms with Gasteiger partial charge in [-0.25, -0.2) is 4.98 Å². The van der Waals surface area contributed by atoms with Gasteiger partial charge < -0.3 is 10.2 Å². The molecule has 5 heteroatoms. The summed E-state index contributed by atoms with van der Waals surface area (Å²) in [5, 5.41) is 4.36. The summed E-state index contributed by atoms with van der Waals surface area (Å²) < 4.78 is 0. The molecule has 2 saturated heterocycles. The van der Waals surface area contributed by atoms with Crippen LogP contribution in [0.15, 0.2) is 30.3 Å². The van der Waals surface area contributed by atoms with E-state index in [0.29, 0.717) is 17.5 Å². The van der Waals surface area contributed by atoms with Crippen molar-refractivity contribution in [2.75, 3.05) is 26.2 Å². The average Bonchev–Trinajstić information content (AvgIpc) is 3.21. The summed E-state index contributed by atoms with van der Waals surface area (Å²) in [4.78, 5) is 20.5. The van der Waals surface area contributed by atoms with Crippen LogP contribution in [0.25, 0.3) is 10.4 Å². The van der Waals surface area contributed by atoms with Crippen molar-refractivity contribution >= 4 is 17.2 Å². The summed E-state index contributed by atoms with van der Waals surface area (Å²) in [7, 11) is 0. The Labute approximate surface area is 134 Å². The fraction of sp³-hybridized carbons (Fsp3) is 0.412. The Bertz CT molecular complexity index is 685. The van der Waals surface area contributed by atoms with Gasteiger partial charge in [-0.15, -0.1) is 11.3 Å². The lowest BCUT2D eigenvalue weighted by Gasteiger charge is -2.17. The minimum atomic E-state index is 0.0950. The number of fused-ring (bicyclic) bond motifs is 1. The number of carbonyl (C=O) groups excluding carboxylic acids is 1. The van der Waals surface area contributed by atoms with Crippen LogP contribution in [0.1, 0.15) is 15.5 Å². The normalized spacial score (nSPS) is 23.8. The average molecular weight is 313 g/mol. The van der Waals surface area contributed by atoms with Crippen molar-refractivity contribution in [1.29, 1.82) is 0 Å². The number of thiazole rings is 1. The Morgan fingerprint density at radius 3 is 2.59 bits per heavy atom. The number of benzene rings is 1. The van der Waals surface area contributed by atoms with Gasteiger partial charge in [-0.1, -0.05) is 30.3 Å². The van der Waals surface area contributed by atoms with E-state index in [4.69, 9.17) is 0 Å². The summed E-state index contributed by atoms with van der Waals surface area (Å²) in [5.41, 5.74) is 1.71. The monoisotopic (exact) mass is 313 g/mol. The Morgan fingerprint density at radius 2 is 1.91 bits per heavy atom. The highest BCUT2D eigenvalue weighted by Gasteiger charge is 2.39. The first-order valence-corrected chi connectivity index (χ1v) is 8.57. The lowest BCUT2D eigenvalue weighted by Crippen LogP contribution is -2.32. The molecule has 4 rings (SSSR count). The number of rotatable bonds is 2. The van der Waals surface area contributed by atoms with Crippen molar-refractivity contribution in [2.45, 2.75) is 6.92 Å². The molecular weight excluding hydrogens is 294 g/mol. The molecular formula is C17H19N3OS. The molecule has 2 unspecified atom stereocenters. The van der Waals surface area contributed by atoms with Crippen molar-refractivity contribution in [2.24, 2.45) is 11.8 Å². The zero-order valence-electron chi connectivity index (χ0n) is 12.6. The number of amides is 1. The summed E-state index contributed by atoms with van der Waals surface area (Å²) in [6.07, 6.45) is 0. The molecule has 1 aromatic heterocycles. The molecule has 1 amide bonds. The molecule has 0 radical (unpaired) electrons. The SMILES string of the molecule is Cc1nc(C(=O)N2CC3CNCC3C2)c(-c2ccccc2)s1. The maximum absolute atomic E-state index is 12.9.